The van der Waals surface area contributed by atoms with E-state index in [1.807, 2.05) is 12.5 Å². The maximum atomic E-state index is 4.23. The lowest BCUT2D eigenvalue weighted by Crippen LogP contribution is -2.42. The van der Waals surface area contributed by atoms with E-state index in [1.54, 1.807) is 0 Å². The Morgan fingerprint density at radius 1 is 1.46 bits per heavy atom. The Bertz CT molecular complexity index is 291. The zero-order valence-electron chi connectivity index (χ0n) is 8.54. The molecule has 0 aliphatic carbocycles. The zero-order chi connectivity index (χ0) is 9.47. The summed E-state index contributed by atoms with van der Waals surface area (Å²) >= 11 is 0. The molecule has 2 rings (SSSR count). The normalized spacial score (nSPS) is 18.7. The fourth-order valence-corrected chi connectivity index (χ4v) is 1.67. The van der Waals surface area contributed by atoms with Gasteiger partial charge >= 0.3 is 0 Å². The lowest BCUT2D eigenvalue weighted by atomic mass is 9.98. The molecule has 13 heavy (non-hydrogen) atoms. The molecule has 0 radical (unpaired) electrons. The molecular formula is C10H17N3. The van der Waals surface area contributed by atoms with Gasteiger partial charge in [-0.05, 0) is 20.8 Å². The Kier molecular flexibility index (Phi) is 1.91. The second kappa shape index (κ2) is 2.84. The maximum absolute atomic E-state index is 4.23. The molecule has 1 N–H and O–H groups in total. The molecule has 0 bridgehead atoms. The van der Waals surface area contributed by atoms with Gasteiger partial charge in [-0.2, -0.15) is 0 Å². The van der Waals surface area contributed by atoms with Gasteiger partial charge in [0.05, 0.1) is 6.33 Å². The molecular weight excluding hydrogens is 162 g/mol. The van der Waals surface area contributed by atoms with E-state index in [-0.39, 0.29) is 5.54 Å². The monoisotopic (exact) mass is 179 g/mol. The van der Waals surface area contributed by atoms with Gasteiger partial charge < -0.3 is 9.88 Å². The van der Waals surface area contributed by atoms with Crippen molar-refractivity contribution in [1.29, 1.82) is 0 Å². The van der Waals surface area contributed by atoms with Gasteiger partial charge in [-0.25, -0.2) is 4.98 Å². The number of aromatic nitrogens is 2. The molecule has 1 aliphatic rings. The highest BCUT2D eigenvalue weighted by Crippen LogP contribution is 2.24. The van der Waals surface area contributed by atoms with Gasteiger partial charge in [0, 0.05) is 36.4 Å². The van der Waals surface area contributed by atoms with Crippen LogP contribution in [-0.4, -0.2) is 22.6 Å². The molecule has 0 atom stereocenters. The molecule has 0 unspecified atom stereocenters. The van der Waals surface area contributed by atoms with Crippen LogP contribution < -0.4 is 5.32 Å². The SMILES string of the molecule is CC(C)(C)n1cncc1C1CNC1. The van der Waals surface area contributed by atoms with Crippen LogP contribution in [0.5, 0.6) is 0 Å². The van der Waals surface area contributed by atoms with Crippen LogP contribution in [-0.2, 0) is 5.54 Å². The van der Waals surface area contributed by atoms with Crippen molar-refractivity contribution >= 4 is 0 Å². The molecule has 0 amide bonds. The predicted molar refractivity (Wildman–Crippen MR) is 52.8 cm³/mol. The topological polar surface area (TPSA) is 29.9 Å². The second-order valence-corrected chi connectivity index (χ2v) is 4.71. The predicted octanol–water partition coefficient (Wildman–Crippen LogP) is 1.32. The van der Waals surface area contributed by atoms with E-state index in [0.29, 0.717) is 5.92 Å². The lowest BCUT2D eigenvalue weighted by molar-refractivity contribution is 0.348. The van der Waals surface area contributed by atoms with Crippen molar-refractivity contribution < 1.29 is 0 Å². The van der Waals surface area contributed by atoms with Gasteiger partial charge in [0.2, 0.25) is 0 Å². The van der Waals surface area contributed by atoms with Crippen molar-refractivity contribution in [3.05, 3.63) is 18.2 Å². The molecule has 1 fully saturated rings. The van der Waals surface area contributed by atoms with E-state index in [2.05, 4.69) is 35.6 Å². The Morgan fingerprint density at radius 3 is 2.62 bits per heavy atom. The number of hydrogen-bond donors (Lipinski definition) is 1. The average Bonchev–Trinajstić information content (AvgIpc) is 2.29. The molecule has 3 heteroatoms. The Hall–Kier alpha value is -0.830. The van der Waals surface area contributed by atoms with Crippen LogP contribution in [0.3, 0.4) is 0 Å². The highest BCUT2D eigenvalue weighted by Gasteiger charge is 2.26. The highest BCUT2D eigenvalue weighted by molar-refractivity contribution is 5.13. The van der Waals surface area contributed by atoms with Gasteiger partial charge in [0.1, 0.15) is 0 Å². The summed E-state index contributed by atoms with van der Waals surface area (Å²) in [6, 6.07) is 0. The van der Waals surface area contributed by atoms with Crippen molar-refractivity contribution in [2.24, 2.45) is 0 Å². The number of hydrogen-bond acceptors (Lipinski definition) is 2. The fraction of sp³-hybridized carbons (Fsp3) is 0.700. The van der Waals surface area contributed by atoms with Gasteiger partial charge in [0.25, 0.3) is 0 Å². The van der Waals surface area contributed by atoms with Crippen molar-refractivity contribution in [1.82, 2.24) is 14.9 Å². The van der Waals surface area contributed by atoms with Crippen LogP contribution in [0.2, 0.25) is 0 Å². The third-order valence-electron chi connectivity index (χ3n) is 2.59. The average molecular weight is 179 g/mol. The Morgan fingerprint density at radius 2 is 2.15 bits per heavy atom. The molecule has 0 spiro atoms. The summed E-state index contributed by atoms with van der Waals surface area (Å²) in [6.07, 6.45) is 3.93. The van der Waals surface area contributed by atoms with Gasteiger partial charge in [-0.1, -0.05) is 0 Å². The van der Waals surface area contributed by atoms with Crippen LogP contribution in [0.25, 0.3) is 0 Å². The quantitative estimate of drug-likeness (QED) is 0.704. The molecule has 0 saturated carbocycles. The summed E-state index contributed by atoms with van der Waals surface area (Å²) in [6.45, 7) is 8.84. The summed E-state index contributed by atoms with van der Waals surface area (Å²) in [5.74, 6) is 0.668. The largest absolute Gasteiger partial charge is 0.329 e. The van der Waals surface area contributed by atoms with E-state index in [0.717, 1.165) is 13.1 Å². The van der Waals surface area contributed by atoms with Crippen molar-refractivity contribution in [2.45, 2.75) is 32.2 Å². The number of imidazole rings is 1. The Balaban J connectivity index is 2.30. The number of nitrogens with zero attached hydrogens (tertiary/aromatic N) is 2. The smallest absolute Gasteiger partial charge is 0.0953 e. The molecule has 3 nitrogen and oxygen atoms in total. The van der Waals surface area contributed by atoms with E-state index in [4.69, 9.17) is 0 Å². The summed E-state index contributed by atoms with van der Waals surface area (Å²) in [7, 11) is 0. The van der Waals surface area contributed by atoms with Crippen molar-refractivity contribution in [3.8, 4) is 0 Å². The summed E-state index contributed by atoms with van der Waals surface area (Å²) in [5.41, 5.74) is 1.52. The molecule has 72 valence electrons. The van der Waals surface area contributed by atoms with E-state index in [9.17, 15) is 0 Å². The van der Waals surface area contributed by atoms with Crippen LogP contribution >= 0.6 is 0 Å². The number of nitrogens with one attached hydrogen (secondary N) is 1. The van der Waals surface area contributed by atoms with Gasteiger partial charge in [-0.15, -0.1) is 0 Å². The molecule has 1 aromatic heterocycles. The van der Waals surface area contributed by atoms with Crippen LogP contribution in [0.1, 0.15) is 32.4 Å². The highest BCUT2D eigenvalue weighted by atomic mass is 15.1. The van der Waals surface area contributed by atoms with Crippen LogP contribution in [0.15, 0.2) is 12.5 Å². The van der Waals surface area contributed by atoms with E-state index < -0.39 is 0 Å². The molecule has 1 saturated heterocycles. The van der Waals surface area contributed by atoms with E-state index in [1.165, 1.54) is 5.69 Å². The minimum absolute atomic E-state index is 0.154. The molecule has 1 aromatic rings. The summed E-state index contributed by atoms with van der Waals surface area (Å²) in [4.78, 5) is 4.23. The minimum atomic E-state index is 0.154. The molecule has 0 aromatic carbocycles. The lowest BCUT2D eigenvalue weighted by Gasteiger charge is -2.32. The third-order valence-corrected chi connectivity index (χ3v) is 2.59. The van der Waals surface area contributed by atoms with Gasteiger partial charge in [-0.3, -0.25) is 0 Å². The molecule has 2 heterocycles. The molecule has 1 aliphatic heterocycles. The van der Waals surface area contributed by atoms with E-state index >= 15 is 0 Å². The zero-order valence-corrected chi connectivity index (χ0v) is 8.54. The first-order valence-corrected chi connectivity index (χ1v) is 4.82. The first kappa shape index (κ1) is 8.75. The Labute approximate surface area is 79.2 Å². The van der Waals surface area contributed by atoms with Gasteiger partial charge in [0.15, 0.2) is 0 Å². The first-order valence-electron chi connectivity index (χ1n) is 4.82. The van der Waals surface area contributed by atoms with Crippen molar-refractivity contribution in [2.75, 3.05) is 13.1 Å². The summed E-state index contributed by atoms with van der Waals surface area (Å²) in [5, 5.41) is 3.29. The maximum Gasteiger partial charge on any atom is 0.0953 e. The minimum Gasteiger partial charge on any atom is -0.329 e. The standard InChI is InChI=1S/C10H17N3/c1-10(2,3)13-7-12-6-9(13)8-4-11-5-8/h6-8,11H,4-5H2,1-3H3. The number of rotatable bonds is 1. The van der Waals surface area contributed by atoms with Crippen LogP contribution in [0, 0.1) is 0 Å². The fourth-order valence-electron chi connectivity index (χ4n) is 1.67. The third kappa shape index (κ3) is 1.48. The first-order chi connectivity index (χ1) is 6.09. The van der Waals surface area contributed by atoms with Crippen LogP contribution in [0.4, 0.5) is 0 Å². The summed E-state index contributed by atoms with van der Waals surface area (Å²) < 4.78 is 2.28. The van der Waals surface area contributed by atoms with Crippen molar-refractivity contribution in [3.63, 3.8) is 0 Å². The second-order valence-electron chi connectivity index (χ2n) is 4.71.